The second kappa shape index (κ2) is 8.20. The van der Waals surface area contributed by atoms with Crippen molar-refractivity contribution in [3.63, 3.8) is 0 Å². The molecule has 2 heterocycles. The number of carbonyl (C=O) groups excluding carboxylic acids is 1. The Morgan fingerprint density at radius 1 is 1.03 bits per heavy atom. The molecule has 1 N–H and O–H groups in total. The van der Waals surface area contributed by atoms with E-state index in [1.165, 1.54) is 12.5 Å². The largest absolute Gasteiger partial charge is 0.416 e. The molecule has 7 heteroatoms. The predicted octanol–water partition coefficient (Wildman–Crippen LogP) is 4.92. The Labute approximate surface area is 168 Å². The lowest BCUT2D eigenvalue weighted by Gasteiger charge is -2.35. The van der Waals surface area contributed by atoms with Crippen LogP contribution in [0.3, 0.4) is 0 Å². The van der Waals surface area contributed by atoms with E-state index in [4.69, 9.17) is 0 Å². The van der Waals surface area contributed by atoms with Crippen LogP contribution in [0.2, 0.25) is 0 Å². The number of alkyl halides is 3. The van der Waals surface area contributed by atoms with Crippen molar-refractivity contribution in [3.05, 3.63) is 36.0 Å². The van der Waals surface area contributed by atoms with E-state index in [0.29, 0.717) is 5.52 Å². The molecule has 0 spiro atoms. The van der Waals surface area contributed by atoms with Crippen LogP contribution < -0.4 is 10.2 Å². The number of carbonyl (C=O) groups is 1. The van der Waals surface area contributed by atoms with E-state index in [-0.39, 0.29) is 17.9 Å². The number of nitrogens with one attached hydrogen (secondary N) is 1. The number of halogens is 3. The Morgan fingerprint density at radius 3 is 2.45 bits per heavy atom. The molecule has 1 aromatic heterocycles. The summed E-state index contributed by atoms with van der Waals surface area (Å²) in [5.74, 6) is 0.353. The minimum absolute atomic E-state index is 0.161. The molecule has 1 aromatic carbocycles. The lowest BCUT2D eigenvalue weighted by Crippen LogP contribution is -2.46. The molecule has 1 saturated heterocycles. The second-order valence-electron chi connectivity index (χ2n) is 8.16. The zero-order chi connectivity index (χ0) is 20.4. The summed E-state index contributed by atoms with van der Waals surface area (Å²) in [5.41, 5.74) is 0.574. The van der Waals surface area contributed by atoms with Crippen LogP contribution in [0.5, 0.6) is 0 Å². The third kappa shape index (κ3) is 4.49. The van der Waals surface area contributed by atoms with Crippen LogP contribution in [0.1, 0.15) is 50.5 Å². The molecule has 2 aromatic rings. The van der Waals surface area contributed by atoms with Gasteiger partial charge in [0.15, 0.2) is 0 Å². The molecule has 29 heavy (non-hydrogen) atoms. The van der Waals surface area contributed by atoms with E-state index in [1.54, 1.807) is 6.20 Å². The van der Waals surface area contributed by atoms with Crippen LogP contribution >= 0.6 is 0 Å². The summed E-state index contributed by atoms with van der Waals surface area (Å²) < 4.78 is 38.9. The number of fused-ring (bicyclic) bond motifs is 1. The first kappa shape index (κ1) is 20.0. The normalized spacial score (nSPS) is 19.5. The quantitative estimate of drug-likeness (QED) is 0.789. The maximum Gasteiger partial charge on any atom is 0.416 e. The van der Waals surface area contributed by atoms with Gasteiger partial charge in [0.05, 0.1) is 11.1 Å². The number of nitrogens with zero attached hydrogens (tertiary/aromatic N) is 2. The van der Waals surface area contributed by atoms with E-state index < -0.39 is 11.7 Å². The van der Waals surface area contributed by atoms with Gasteiger partial charge in [-0.25, -0.2) is 0 Å². The molecule has 0 unspecified atom stereocenters. The topological polar surface area (TPSA) is 45.2 Å². The van der Waals surface area contributed by atoms with E-state index >= 15 is 0 Å². The molecule has 156 valence electrons. The molecule has 2 fully saturated rings. The van der Waals surface area contributed by atoms with Gasteiger partial charge < -0.3 is 10.2 Å². The highest BCUT2D eigenvalue weighted by Crippen LogP contribution is 2.34. The van der Waals surface area contributed by atoms with E-state index in [0.717, 1.165) is 74.8 Å². The fraction of sp³-hybridized carbons (Fsp3) is 0.545. The highest BCUT2D eigenvalue weighted by molar-refractivity contribution is 5.92. The lowest BCUT2D eigenvalue weighted by atomic mass is 9.88. The molecule has 0 radical (unpaired) electrons. The summed E-state index contributed by atoms with van der Waals surface area (Å²) in [5, 5.41) is 3.95. The Kier molecular flexibility index (Phi) is 5.65. The monoisotopic (exact) mass is 405 g/mol. The molecule has 1 aliphatic carbocycles. The van der Waals surface area contributed by atoms with Crippen LogP contribution in [0, 0.1) is 5.92 Å². The van der Waals surface area contributed by atoms with Crippen LogP contribution in [0.4, 0.5) is 18.9 Å². The van der Waals surface area contributed by atoms with Gasteiger partial charge in [0.1, 0.15) is 0 Å². The van der Waals surface area contributed by atoms with E-state index in [1.807, 2.05) is 6.07 Å². The molecule has 0 atom stereocenters. The fourth-order valence-corrected chi connectivity index (χ4v) is 4.53. The molecule has 4 rings (SSSR count). The maximum absolute atomic E-state index is 13.0. The van der Waals surface area contributed by atoms with Gasteiger partial charge in [-0.05, 0) is 43.9 Å². The van der Waals surface area contributed by atoms with Crippen LogP contribution in [-0.2, 0) is 11.0 Å². The molecule has 1 amide bonds. The number of hydrogen-bond acceptors (Lipinski definition) is 3. The van der Waals surface area contributed by atoms with Gasteiger partial charge in [0.25, 0.3) is 0 Å². The Hall–Kier alpha value is -2.31. The number of piperidine rings is 1. The van der Waals surface area contributed by atoms with Gasteiger partial charge in [-0.15, -0.1) is 0 Å². The van der Waals surface area contributed by atoms with E-state index in [9.17, 15) is 18.0 Å². The van der Waals surface area contributed by atoms with Crippen LogP contribution in [0.15, 0.2) is 30.5 Å². The second-order valence-corrected chi connectivity index (χ2v) is 8.16. The number of rotatable bonds is 3. The number of anilines is 1. The van der Waals surface area contributed by atoms with Gasteiger partial charge in [-0.3, -0.25) is 9.78 Å². The van der Waals surface area contributed by atoms with Crippen molar-refractivity contribution < 1.29 is 18.0 Å². The Bertz CT molecular complexity index is 869. The van der Waals surface area contributed by atoms with Crippen molar-refractivity contribution in [1.29, 1.82) is 0 Å². The number of pyridine rings is 1. The number of hydrogen-bond donors (Lipinski definition) is 1. The first-order valence-corrected chi connectivity index (χ1v) is 10.4. The number of amides is 1. The predicted molar refractivity (Wildman–Crippen MR) is 107 cm³/mol. The summed E-state index contributed by atoms with van der Waals surface area (Å²) in [6, 6.07) is 5.76. The van der Waals surface area contributed by atoms with Crippen molar-refractivity contribution >= 4 is 22.5 Å². The average Bonchev–Trinajstić information content (AvgIpc) is 2.73. The fourth-order valence-electron chi connectivity index (χ4n) is 4.53. The van der Waals surface area contributed by atoms with Crippen LogP contribution in [-0.4, -0.2) is 30.0 Å². The molecule has 1 aliphatic heterocycles. The van der Waals surface area contributed by atoms with Crippen molar-refractivity contribution in [2.75, 3.05) is 18.0 Å². The van der Waals surface area contributed by atoms with Crippen molar-refractivity contribution in [2.24, 2.45) is 5.92 Å². The first-order valence-electron chi connectivity index (χ1n) is 10.4. The van der Waals surface area contributed by atoms with Gasteiger partial charge >= 0.3 is 6.18 Å². The maximum atomic E-state index is 13.0. The van der Waals surface area contributed by atoms with Crippen LogP contribution in [0.25, 0.3) is 10.9 Å². The van der Waals surface area contributed by atoms with Gasteiger partial charge in [0.2, 0.25) is 5.91 Å². The molecular weight excluding hydrogens is 379 g/mol. The SMILES string of the molecule is O=C(NC1CCN(c2ccnc3cc(C(F)(F)F)ccc23)CC1)C1CCCCC1. The number of benzene rings is 1. The highest BCUT2D eigenvalue weighted by Gasteiger charge is 2.31. The standard InChI is InChI=1S/C22H26F3N3O/c23-22(24,25)16-6-7-18-19(14-16)26-11-8-20(18)28-12-9-17(10-13-28)27-21(29)15-4-2-1-3-5-15/h6-8,11,14-15,17H,1-5,9-10,12-13H2,(H,27,29). The molecule has 1 saturated carbocycles. The zero-order valence-electron chi connectivity index (χ0n) is 16.3. The molecular formula is C22H26F3N3O. The lowest BCUT2D eigenvalue weighted by molar-refractivity contribution is -0.137. The molecule has 2 aliphatic rings. The Morgan fingerprint density at radius 2 is 1.76 bits per heavy atom. The smallest absolute Gasteiger partial charge is 0.371 e. The summed E-state index contributed by atoms with van der Waals surface area (Å²) >= 11 is 0. The van der Waals surface area contributed by atoms with Crippen molar-refractivity contribution in [1.82, 2.24) is 10.3 Å². The summed E-state index contributed by atoms with van der Waals surface area (Å²) in [6.07, 6.45) is 4.36. The van der Waals surface area contributed by atoms with E-state index in [2.05, 4.69) is 15.2 Å². The minimum Gasteiger partial charge on any atom is -0.371 e. The minimum atomic E-state index is -4.37. The summed E-state index contributed by atoms with van der Waals surface area (Å²) in [7, 11) is 0. The highest BCUT2D eigenvalue weighted by atomic mass is 19.4. The summed E-state index contributed by atoms with van der Waals surface area (Å²) in [4.78, 5) is 18.8. The molecule has 0 bridgehead atoms. The third-order valence-electron chi connectivity index (χ3n) is 6.21. The first-order chi connectivity index (χ1) is 13.9. The van der Waals surface area contributed by atoms with Crippen molar-refractivity contribution in [2.45, 2.75) is 57.2 Å². The summed E-state index contributed by atoms with van der Waals surface area (Å²) in [6.45, 7) is 1.52. The average molecular weight is 405 g/mol. The van der Waals surface area contributed by atoms with Gasteiger partial charge in [-0.2, -0.15) is 13.2 Å². The zero-order valence-corrected chi connectivity index (χ0v) is 16.3. The molecule has 4 nitrogen and oxygen atoms in total. The van der Waals surface area contributed by atoms with Crippen molar-refractivity contribution in [3.8, 4) is 0 Å². The Balaban J connectivity index is 1.42. The third-order valence-corrected chi connectivity index (χ3v) is 6.21. The van der Waals surface area contributed by atoms with Gasteiger partial charge in [0, 0.05) is 42.3 Å². The van der Waals surface area contributed by atoms with Gasteiger partial charge in [-0.1, -0.05) is 25.3 Å². The number of aromatic nitrogens is 1.